The molecule has 0 aromatic heterocycles. The topological polar surface area (TPSA) is 50.4 Å². The highest BCUT2D eigenvalue weighted by molar-refractivity contribution is 5.92. The lowest BCUT2D eigenvalue weighted by Crippen LogP contribution is -2.29. The third kappa shape index (κ3) is 6.53. The maximum atomic E-state index is 11.8. The van der Waals surface area contributed by atoms with Crippen molar-refractivity contribution in [1.82, 2.24) is 5.32 Å². The van der Waals surface area contributed by atoms with Crippen LogP contribution in [-0.4, -0.2) is 19.0 Å². The molecule has 0 unspecified atom stereocenters. The van der Waals surface area contributed by atoms with E-state index in [-0.39, 0.29) is 5.91 Å². The Morgan fingerprint density at radius 3 is 2.30 bits per heavy atom. The van der Waals surface area contributed by atoms with E-state index < -0.39 is 0 Å². The van der Waals surface area contributed by atoms with Gasteiger partial charge in [0.2, 0.25) is 5.91 Å². The Labute approximate surface area is 137 Å². The Balaban J connectivity index is 1.77. The lowest BCUT2D eigenvalue weighted by Gasteiger charge is -2.09. The molecule has 0 aliphatic rings. The van der Waals surface area contributed by atoms with E-state index in [2.05, 4.69) is 24.5 Å². The molecule has 0 heterocycles. The number of carbonyl (C=O) groups excluding carboxylic acids is 1. The quantitative estimate of drug-likeness (QED) is 0.723. The molecule has 0 aliphatic carbocycles. The summed E-state index contributed by atoms with van der Waals surface area (Å²) < 4.78 is 5.72. The van der Waals surface area contributed by atoms with Gasteiger partial charge in [-0.05, 0) is 55.3 Å². The highest BCUT2D eigenvalue weighted by atomic mass is 16.5. The molecule has 0 radical (unpaired) electrons. The molecule has 0 saturated carbocycles. The predicted octanol–water partition coefficient (Wildman–Crippen LogP) is 4.05. The second kappa shape index (κ2) is 8.96. The van der Waals surface area contributed by atoms with Crippen molar-refractivity contribution in [3.05, 3.63) is 54.6 Å². The molecular formula is C19H24N2O2. The first-order valence-electron chi connectivity index (χ1n) is 7.97. The summed E-state index contributed by atoms with van der Waals surface area (Å²) in [5.74, 6) is 2.14. The Bertz CT molecular complexity index is 595. The molecule has 0 fully saturated rings. The van der Waals surface area contributed by atoms with Crippen molar-refractivity contribution >= 4 is 11.6 Å². The fourth-order valence-corrected chi connectivity index (χ4v) is 2.03. The zero-order valence-corrected chi connectivity index (χ0v) is 13.7. The lowest BCUT2D eigenvalue weighted by molar-refractivity contribution is -0.115. The molecule has 2 aromatic rings. The second-order valence-electron chi connectivity index (χ2n) is 5.85. The van der Waals surface area contributed by atoms with Crippen LogP contribution in [0.25, 0.3) is 0 Å². The van der Waals surface area contributed by atoms with E-state index in [4.69, 9.17) is 4.74 Å². The summed E-state index contributed by atoms with van der Waals surface area (Å²) in [6.45, 7) is 5.52. The number of hydrogen-bond acceptors (Lipinski definition) is 3. The molecule has 2 aromatic carbocycles. The Kier molecular flexibility index (Phi) is 6.63. The van der Waals surface area contributed by atoms with E-state index in [0.29, 0.717) is 12.5 Å². The summed E-state index contributed by atoms with van der Waals surface area (Å²) in [5, 5.41) is 6.01. The number of amides is 1. The van der Waals surface area contributed by atoms with Gasteiger partial charge in [-0.25, -0.2) is 0 Å². The van der Waals surface area contributed by atoms with E-state index in [9.17, 15) is 4.79 Å². The Hall–Kier alpha value is -2.33. The molecule has 23 heavy (non-hydrogen) atoms. The van der Waals surface area contributed by atoms with Gasteiger partial charge >= 0.3 is 0 Å². The molecule has 0 bridgehead atoms. The van der Waals surface area contributed by atoms with Crippen molar-refractivity contribution < 1.29 is 9.53 Å². The van der Waals surface area contributed by atoms with Crippen LogP contribution in [-0.2, 0) is 4.79 Å². The number of anilines is 1. The molecule has 2 rings (SSSR count). The third-order valence-corrected chi connectivity index (χ3v) is 3.30. The fraction of sp³-hybridized carbons (Fsp3) is 0.316. The van der Waals surface area contributed by atoms with E-state index in [1.165, 1.54) is 0 Å². The van der Waals surface area contributed by atoms with Crippen molar-refractivity contribution in [2.24, 2.45) is 5.92 Å². The minimum Gasteiger partial charge on any atom is -0.457 e. The number of benzene rings is 2. The van der Waals surface area contributed by atoms with Crippen molar-refractivity contribution in [3.8, 4) is 11.5 Å². The summed E-state index contributed by atoms with van der Waals surface area (Å²) in [6.07, 6.45) is 1.07. The molecule has 2 N–H and O–H groups in total. The lowest BCUT2D eigenvalue weighted by atomic mass is 10.1. The Morgan fingerprint density at radius 1 is 1.00 bits per heavy atom. The molecule has 0 aliphatic heterocycles. The molecule has 0 spiro atoms. The minimum atomic E-state index is -0.0366. The largest absolute Gasteiger partial charge is 0.457 e. The van der Waals surface area contributed by atoms with Gasteiger partial charge in [-0.2, -0.15) is 0 Å². The number of para-hydroxylation sites is 1. The first-order chi connectivity index (χ1) is 11.1. The third-order valence-electron chi connectivity index (χ3n) is 3.30. The van der Waals surface area contributed by atoms with Crippen LogP contribution < -0.4 is 15.4 Å². The van der Waals surface area contributed by atoms with Crippen molar-refractivity contribution in [1.29, 1.82) is 0 Å². The molecule has 1 amide bonds. The summed E-state index contributed by atoms with van der Waals surface area (Å²) >= 11 is 0. The minimum absolute atomic E-state index is 0.0366. The van der Waals surface area contributed by atoms with Gasteiger partial charge in [0.15, 0.2) is 0 Å². The summed E-state index contributed by atoms with van der Waals surface area (Å²) in [7, 11) is 0. The van der Waals surface area contributed by atoms with Gasteiger partial charge in [0.05, 0.1) is 6.54 Å². The molecule has 4 heteroatoms. The van der Waals surface area contributed by atoms with E-state index in [0.717, 1.165) is 30.2 Å². The highest BCUT2D eigenvalue weighted by Gasteiger charge is 2.03. The van der Waals surface area contributed by atoms with Gasteiger partial charge in [-0.3, -0.25) is 4.79 Å². The fourth-order valence-electron chi connectivity index (χ4n) is 2.03. The van der Waals surface area contributed by atoms with Crippen LogP contribution in [0, 0.1) is 5.92 Å². The summed E-state index contributed by atoms with van der Waals surface area (Å²) in [4.78, 5) is 11.8. The molecule has 4 nitrogen and oxygen atoms in total. The van der Waals surface area contributed by atoms with Crippen molar-refractivity contribution in [2.45, 2.75) is 20.3 Å². The van der Waals surface area contributed by atoms with Gasteiger partial charge in [0, 0.05) is 5.69 Å². The second-order valence-corrected chi connectivity index (χ2v) is 5.85. The van der Waals surface area contributed by atoms with Gasteiger partial charge < -0.3 is 15.4 Å². The highest BCUT2D eigenvalue weighted by Crippen LogP contribution is 2.22. The van der Waals surface area contributed by atoms with E-state index in [1.54, 1.807) is 0 Å². The van der Waals surface area contributed by atoms with Crippen LogP contribution in [0.15, 0.2) is 54.6 Å². The summed E-state index contributed by atoms with van der Waals surface area (Å²) in [6, 6.07) is 17.0. The maximum absolute atomic E-state index is 11.8. The van der Waals surface area contributed by atoms with Crippen LogP contribution in [0.3, 0.4) is 0 Å². The smallest absolute Gasteiger partial charge is 0.238 e. The number of nitrogens with one attached hydrogen (secondary N) is 2. The normalized spacial score (nSPS) is 10.6. The van der Waals surface area contributed by atoms with E-state index >= 15 is 0 Å². The predicted molar refractivity (Wildman–Crippen MR) is 93.9 cm³/mol. The van der Waals surface area contributed by atoms with Crippen molar-refractivity contribution in [3.63, 3.8) is 0 Å². The van der Waals surface area contributed by atoms with E-state index in [1.807, 2.05) is 54.6 Å². The van der Waals surface area contributed by atoms with Crippen LogP contribution in [0.1, 0.15) is 20.3 Å². The number of ether oxygens (including phenoxy) is 1. The van der Waals surface area contributed by atoms with Crippen LogP contribution in [0.4, 0.5) is 5.69 Å². The SMILES string of the molecule is CC(C)CCNCC(=O)Nc1ccc(Oc2ccccc2)cc1. The molecule has 0 atom stereocenters. The van der Waals surface area contributed by atoms with Gasteiger partial charge in [-0.15, -0.1) is 0 Å². The zero-order chi connectivity index (χ0) is 16.5. The molecule has 122 valence electrons. The zero-order valence-electron chi connectivity index (χ0n) is 13.7. The van der Waals surface area contributed by atoms with Gasteiger partial charge in [-0.1, -0.05) is 32.0 Å². The van der Waals surface area contributed by atoms with Crippen LogP contribution in [0.5, 0.6) is 11.5 Å². The molecular weight excluding hydrogens is 288 g/mol. The Morgan fingerprint density at radius 2 is 1.65 bits per heavy atom. The van der Waals surface area contributed by atoms with Crippen LogP contribution in [0.2, 0.25) is 0 Å². The van der Waals surface area contributed by atoms with Crippen LogP contribution >= 0.6 is 0 Å². The van der Waals surface area contributed by atoms with Gasteiger partial charge in [0.25, 0.3) is 0 Å². The van der Waals surface area contributed by atoms with Crippen molar-refractivity contribution in [2.75, 3.05) is 18.4 Å². The maximum Gasteiger partial charge on any atom is 0.238 e. The first-order valence-corrected chi connectivity index (χ1v) is 7.97. The number of rotatable bonds is 8. The number of carbonyl (C=O) groups is 1. The first kappa shape index (κ1) is 17.0. The average molecular weight is 312 g/mol. The van der Waals surface area contributed by atoms with Gasteiger partial charge in [0.1, 0.15) is 11.5 Å². The monoisotopic (exact) mass is 312 g/mol. The summed E-state index contributed by atoms with van der Waals surface area (Å²) in [5.41, 5.74) is 0.765. The average Bonchev–Trinajstić information content (AvgIpc) is 2.54. The number of hydrogen-bond donors (Lipinski definition) is 2. The molecule has 0 saturated heterocycles. The standard InChI is InChI=1S/C19H24N2O2/c1-15(2)12-13-20-14-19(22)21-16-8-10-18(11-9-16)23-17-6-4-3-5-7-17/h3-11,15,20H,12-14H2,1-2H3,(H,21,22).